The van der Waals surface area contributed by atoms with Crippen LogP contribution in [0.25, 0.3) is 0 Å². The average molecular weight is 305 g/mol. The molecule has 0 spiro atoms. The lowest BCUT2D eigenvalue weighted by molar-refractivity contribution is -0.295. The van der Waals surface area contributed by atoms with E-state index in [1.165, 1.54) is 0 Å². The SMILES string of the molecule is CCCCO[C@H]1O[C@H](CNCCC(C)C)[C@@H](O)[C@H](O)[C@H]1O. The number of rotatable bonds is 9. The van der Waals surface area contributed by atoms with E-state index in [0.717, 1.165) is 25.8 Å². The smallest absolute Gasteiger partial charge is 0.186 e. The van der Waals surface area contributed by atoms with Gasteiger partial charge in [0.1, 0.15) is 24.4 Å². The van der Waals surface area contributed by atoms with Crippen molar-refractivity contribution in [1.82, 2.24) is 5.32 Å². The predicted molar refractivity (Wildman–Crippen MR) is 79.9 cm³/mol. The van der Waals surface area contributed by atoms with E-state index in [1.54, 1.807) is 0 Å². The lowest BCUT2D eigenvalue weighted by atomic mass is 9.98. The van der Waals surface area contributed by atoms with Gasteiger partial charge < -0.3 is 30.1 Å². The van der Waals surface area contributed by atoms with Crippen molar-refractivity contribution in [3.8, 4) is 0 Å². The summed E-state index contributed by atoms with van der Waals surface area (Å²) in [5.41, 5.74) is 0. The molecule has 0 bridgehead atoms. The molecule has 6 nitrogen and oxygen atoms in total. The van der Waals surface area contributed by atoms with Gasteiger partial charge in [-0.05, 0) is 25.3 Å². The minimum atomic E-state index is -1.25. The lowest BCUT2D eigenvalue weighted by Gasteiger charge is -2.40. The maximum atomic E-state index is 9.98. The fraction of sp³-hybridized carbons (Fsp3) is 1.00. The molecule has 0 aliphatic carbocycles. The second-order valence-corrected chi connectivity index (χ2v) is 6.13. The summed E-state index contributed by atoms with van der Waals surface area (Å²) in [6.07, 6.45) is -2.17. The highest BCUT2D eigenvalue weighted by Crippen LogP contribution is 2.22. The Hall–Kier alpha value is -0.240. The van der Waals surface area contributed by atoms with Crippen LogP contribution < -0.4 is 5.32 Å². The van der Waals surface area contributed by atoms with Crippen molar-refractivity contribution in [1.29, 1.82) is 0 Å². The third kappa shape index (κ3) is 6.18. The first-order valence-electron chi connectivity index (χ1n) is 7.99. The highest BCUT2D eigenvalue weighted by Gasteiger charge is 2.43. The van der Waals surface area contributed by atoms with Crippen LogP contribution in [0.4, 0.5) is 0 Å². The van der Waals surface area contributed by atoms with Crippen LogP contribution in [0.15, 0.2) is 0 Å². The van der Waals surface area contributed by atoms with E-state index in [1.807, 2.05) is 6.92 Å². The number of nitrogens with one attached hydrogen (secondary N) is 1. The molecule has 1 rings (SSSR count). The lowest BCUT2D eigenvalue weighted by Crippen LogP contribution is -2.60. The summed E-state index contributed by atoms with van der Waals surface area (Å²) < 4.78 is 11.0. The Morgan fingerprint density at radius 2 is 1.86 bits per heavy atom. The van der Waals surface area contributed by atoms with Crippen LogP contribution in [0.2, 0.25) is 0 Å². The zero-order chi connectivity index (χ0) is 15.8. The zero-order valence-electron chi connectivity index (χ0n) is 13.4. The highest BCUT2D eigenvalue weighted by molar-refractivity contribution is 4.90. The number of aliphatic hydroxyl groups is 3. The van der Waals surface area contributed by atoms with E-state index in [4.69, 9.17) is 9.47 Å². The third-order valence-corrected chi connectivity index (χ3v) is 3.69. The minimum Gasteiger partial charge on any atom is -0.388 e. The first kappa shape index (κ1) is 18.8. The van der Waals surface area contributed by atoms with E-state index < -0.39 is 30.7 Å². The van der Waals surface area contributed by atoms with Gasteiger partial charge in [0.05, 0.1) is 0 Å². The zero-order valence-corrected chi connectivity index (χ0v) is 13.4. The summed E-state index contributed by atoms with van der Waals surface area (Å²) in [6, 6.07) is 0. The Morgan fingerprint density at radius 1 is 1.14 bits per heavy atom. The molecule has 6 heteroatoms. The molecule has 1 aliphatic rings. The molecule has 0 unspecified atom stereocenters. The quantitative estimate of drug-likeness (QED) is 0.456. The van der Waals surface area contributed by atoms with Crippen molar-refractivity contribution >= 4 is 0 Å². The van der Waals surface area contributed by atoms with E-state index in [9.17, 15) is 15.3 Å². The van der Waals surface area contributed by atoms with Crippen LogP contribution in [0, 0.1) is 5.92 Å². The maximum Gasteiger partial charge on any atom is 0.186 e. The van der Waals surface area contributed by atoms with Crippen LogP contribution in [-0.4, -0.2) is 65.7 Å². The fourth-order valence-corrected chi connectivity index (χ4v) is 2.20. The molecule has 1 aliphatic heterocycles. The Balaban J connectivity index is 2.42. The van der Waals surface area contributed by atoms with E-state index in [0.29, 0.717) is 19.1 Å². The molecule has 4 N–H and O–H groups in total. The van der Waals surface area contributed by atoms with Crippen LogP contribution in [0.3, 0.4) is 0 Å². The van der Waals surface area contributed by atoms with Gasteiger partial charge in [0.15, 0.2) is 6.29 Å². The van der Waals surface area contributed by atoms with Crippen molar-refractivity contribution in [3.63, 3.8) is 0 Å². The van der Waals surface area contributed by atoms with Gasteiger partial charge in [-0.25, -0.2) is 0 Å². The van der Waals surface area contributed by atoms with Crippen molar-refractivity contribution in [3.05, 3.63) is 0 Å². The Kier molecular flexibility index (Phi) is 8.70. The van der Waals surface area contributed by atoms with Gasteiger partial charge in [-0.15, -0.1) is 0 Å². The first-order valence-corrected chi connectivity index (χ1v) is 7.99. The van der Waals surface area contributed by atoms with Gasteiger partial charge in [-0.1, -0.05) is 27.2 Å². The summed E-state index contributed by atoms with van der Waals surface area (Å²) in [6.45, 7) is 8.04. The summed E-state index contributed by atoms with van der Waals surface area (Å²) in [5.74, 6) is 0.604. The third-order valence-electron chi connectivity index (χ3n) is 3.69. The van der Waals surface area contributed by atoms with Crippen LogP contribution in [-0.2, 0) is 9.47 Å². The second kappa shape index (κ2) is 9.71. The van der Waals surface area contributed by atoms with Gasteiger partial charge >= 0.3 is 0 Å². The second-order valence-electron chi connectivity index (χ2n) is 6.13. The highest BCUT2D eigenvalue weighted by atomic mass is 16.7. The molecule has 0 saturated carbocycles. The average Bonchev–Trinajstić information content (AvgIpc) is 2.45. The molecule has 0 aromatic heterocycles. The molecule has 1 saturated heterocycles. The van der Waals surface area contributed by atoms with Crippen LogP contribution in [0.1, 0.15) is 40.0 Å². The molecule has 0 amide bonds. The topological polar surface area (TPSA) is 91.2 Å². The first-order chi connectivity index (χ1) is 9.97. The number of hydrogen-bond donors (Lipinski definition) is 4. The minimum absolute atomic E-state index is 0.422. The molecule has 0 radical (unpaired) electrons. The van der Waals surface area contributed by atoms with E-state index in [-0.39, 0.29) is 0 Å². The Morgan fingerprint density at radius 3 is 2.48 bits per heavy atom. The molecule has 126 valence electrons. The molecule has 0 aromatic carbocycles. The molecule has 21 heavy (non-hydrogen) atoms. The Bertz CT molecular complexity index is 277. The molecule has 1 fully saturated rings. The van der Waals surface area contributed by atoms with Crippen molar-refractivity contribution in [2.45, 2.75) is 70.7 Å². The number of ether oxygens (including phenoxy) is 2. The summed E-state index contributed by atoms with van der Waals surface area (Å²) >= 11 is 0. The molecule has 0 aromatic rings. The van der Waals surface area contributed by atoms with Gasteiger partial charge in [0, 0.05) is 13.2 Å². The predicted octanol–water partition coefficient (Wildman–Crippen LogP) is 0.246. The van der Waals surface area contributed by atoms with E-state index >= 15 is 0 Å². The van der Waals surface area contributed by atoms with Gasteiger partial charge in [-0.3, -0.25) is 0 Å². The van der Waals surface area contributed by atoms with E-state index in [2.05, 4.69) is 19.2 Å². The molecule has 1 heterocycles. The van der Waals surface area contributed by atoms with Crippen molar-refractivity contribution < 1.29 is 24.8 Å². The van der Waals surface area contributed by atoms with Crippen LogP contribution >= 0.6 is 0 Å². The van der Waals surface area contributed by atoms with Gasteiger partial charge in [0.25, 0.3) is 0 Å². The standard InChI is InChI=1S/C15H31NO5/c1-4-5-8-20-15-14(19)13(18)12(17)11(21-15)9-16-7-6-10(2)3/h10-19H,4-9H2,1-3H3/t11-,12-,13+,14-,15+/m1/s1. The Labute approximate surface area is 127 Å². The number of aliphatic hydroxyl groups excluding tert-OH is 3. The normalized spacial score (nSPS) is 33.6. The number of unbranched alkanes of at least 4 members (excludes halogenated alkanes) is 1. The van der Waals surface area contributed by atoms with Gasteiger partial charge in [-0.2, -0.15) is 0 Å². The summed E-state index contributed by atoms with van der Waals surface area (Å²) in [7, 11) is 0. The van der Waals surface area contributed by atoms with Crippen LogP contribution in [0.5, 0.6) is 0 Å². The van der Waals surface area contributed by atoms with Crippen molar-refractivity contribution in [2.24, 2.45) is 5.92 Å². The number of hydrogen-bond acceptors (Lipinski definition) is 6. The monoisotopic (exact) mass is 305 g/mol. The molecular formula is C15H31NO5. The maximum absolute atomic E-state index is 9.98. The summed E-state index contributed by atoms with van der Waals surface area (Å²) in [5, 5.41) is 33.0. The largest absolute Gasteiger partial charge is 0.388 e. The van der Waals surface area contributed by atoms with Gasteiger partial charge in [0.2, 0.25) is 0 Å². The summed E-state index contributed by atoms with van der Waals surface area (Å²) in [4.78, 5) is 0. The van der Waals surface area contributed by atoms with Crippen molar-refractivity contribution in [2.75, 3.05) is 19.7 Å². The molecule has 5 atom stereocenters. The molecular weight excluding hydrogens is 274 g/mol. The fourth-order valence-electron chi connectivity index (χ4n) is 2.20.